The molecule has 6 N–H and O–H groups in total. The Balaban J connectivity index is 0.00000243. The van der Waals surface area contributed by atoms with Crippen molar-refractivity contribution in [2.45, 2.75) is 30.6 Å². The van der Waals surface area contributed by atoms with Gasteiger partial charge < -0.3 is 24.7 Å². The van der Waals surface area contributed by atoms with E-state index >= 15 is 0 Å². The molecule has 1 saturated heterocycles. The third kappa shape index (κ3) is 4.25. The first-order valence-corrected chi connectivity index (χ1v) is 9.13. The van der Waals surface area contributed by atoms with Crippen molar-refractivity contribution in [2.24, 2.45) is 9.98 Å². The zero-order chi connectivity index (χ0) is 18.5. The SMILES string of the molecule is N=C1N=C2C(N=C(Br)N2C2OC(COP(=O)(O)O)C(O)C2O)C(=O)N1.[Na]. The number of halogens is 1. The molecule has 16 heteroatoms. The summed E-state index contributed by atoms with van der Waals surface area (Å²) in [6.07, 6.45) is -5.55. The van der Waals surface area contributed by atoms with Gasteiger partial charge >= 0.3 is 7.82 Å². The minimum absolute atomic E-state index is 0. The van der Waals surface area contributed by atoms with Gasteiger partial charge in [0.1, 0.15) is 18.3 Å². The first-order chi connectivity index (χ1) is 11.6. The molecular weight excluding hydrogens is 452 g/mol. The maximum absolute atomic E-state index is 11.9. The summed E-state index contributed by atoms with van der Waals surface area (Å²) in [7, 11) is -4.79. The van der Waals surface area contributed by atoms with E-state index in [1.54, 1.807) is 0 Å². The number of hydrogen-bond acceptors (Lipinski definition) is 9. The second kappa shape index (κ2) is 8.01. The van der Waals surface area contributed by atoms with Crippen LogP contribution in [0.25, 0.3) is 0 Å². The van der Waals surface area contributed by atoms with Crippen molar-refractivity contribution in [3.8, 4) is 0 Å². The number of amidine groups is 2. The third-order valence-corrected chi connectivity index (χ3v) is 4.71. The van der Waals surface area contributed by atoms with Gasteiger partial charge in [-0.05, 0) is 15.9 Å². The molecule has 5 atom stereocenters. The molecule has 0 spiro atoms. The van der Waals surface area contributed by atoms with Crippen LogP contribution in [0.1, 0.15) is 0 Å². The van der Waals surface area contributed by atoms with Crippen LogP contribution in [0.15, 0.2) is 9.98 Å². The molecule has 5 unspecified atom stereocenters. The molecule has 0 saturated carbocycles. The Labute approximate surface area is 176 Å². The summed E-state index contributed by atoms with van der Waals surface area (Å²) in [4.78, 5) is 38.4. The van der Waals surface area contributed by atoms with Gasteiger partial charge in [0.05, 0.1) is 6.61 Å². The van der Waals surface area contributed by atoms with Gasteiger partial charge in [-0.3, -0.25) is 24.9 Å². The van der Waals surface area contributed by atoms with Crippen molar-refractivity contribution < 1.29 is 38.6 Å². The number of ether oxygens (including phenoxy) is 1. The van der Waals surface area contributed by atoms with E-state index in [4.69, 9.17) is 19.9 Å². The maximum atomic E-state index is 11.9. The number of guanidine groups is 1. The van der Waals surface area contributed by atoms with E-state index in [-0.39, 0.29) is 40.1 Å². The molecule has 3 aliphatic heterocycles. The van der Waals surface area contributed by atoms with Crippen LogP contribution in [0.5, 0.6) is 0 Å². The Morgan fingerprint density at radius 1 is 1.38 bits per heavy atom. The van der Waals surface area contributed by atoms with Gasteiger partial charge in [0.25, 0.3) is 5.91 Å². The number of amides is 1. The Bertz CT molecular complexity index is 730. The molecule has 0 bridgehead atoms. The van der Waals surface area contributed by atoms with Crippen LogP contribution in [0.3, 0.4) is 0 Å². The number of phosphoric ester groups is 1. The van der Waals surface area contributed by atoms with Crippen LogP contribution < -0.4 is 5.32 Å². The van der Waals surface area contributed by atoms with Crippen LogP contribution >= 0.6 is 23.8 Å². The van der Waals surface area contributed by atoms with Crippen LogP contribution in [0, 0.1) is 5.41 Å². The smallest absolute Gasteiger partial charge is 0.387 e. The molecule has 0 aromatic carbocycles. The molecule has 0 aromatic rings. The summed E-state index contributed by atoms with van der Waals surface area (Å²) in [6, 6.07) is -1.05. The zero-order valence-corrected chi connectivity index (χ0v) is 17.7. The number of phosphoric acid groups is 1. The van der Waals surface area contributed by atoms with E-state index in [1.807, 2.05) is 0 Å². The summed E-state index contributed by atoms with van der Waals surface area (Å²) < 4.78 is 20.6. The minimum Gasteiger partial charge on any atom is -0.387 e. The summed E-state index contributed by atoms with van der Waals surface area (Å²) >= 11 is 3.11. The predicted octanol–water partition coefficient (Wildman–Crippen LogP) is -2.94. The molecule has 3 heterocycles. The second-order valence-corrected chi connectivity index (χ2v) is 7.26. The van der Waals surface area contributed by atoms with Gasteiger partial charge in [0.15, 0.2) is 22.9 Å². The van der Waals surface area contributed by atoms with Gasteiger partial charge in [-0.2, -0.15) is 4.99 Å². The van der Waals surface area contributed by atoms with Gasteiger partial charge in [0, 0.05) is 29.6 Å². The molecule has 1 radical (unpaired) electrons. The number of aliphatic imine (C=N–C) groups is 2. The fourth-order valence-corrected chi connectivity index (χ4v) is 3.49. The molecule has 0 aromatic heterocycles. The summed E-state index contributed by atoms with van der Waals surface area (Å²) in [6.45, 7) is -0.673. The molecule has 0 aliphatic carbocycles. The van der Waals surface area contributed by atoms with Crippen molar-refractivity contribution >= 4 is 75.8 Å². The summed E-state index contributed by atoms with van der Waals surface area (Å²) in [5.41, 5.74) is 0. The quantitative estimate of drug-likeness (QED) is 0.143. The average Bonchev–Trinajstić information content (AvgIpc) is 2.95. The van der Waals surface area contributed by atoms with E-state index in [0.717, 1.165) is 0 Å². The van der Waals surface area contributed by atoms with Crippen LogP contribution in [0.4, 0.5) is 0 Å². The minimum atomic E-state index is -4.79. The molecule has 1 amide bonds. The summed E-state index contributed by atoms with van der Waals surface area (Å²) in [5.74, 6) is -1.01. The largest absolute Gasteiger partial charge is 0.469 e. The van der Waals surface area contributed by atoms with E-state index in [0.29, 0.717) is 0 Å². The second-order valence-electron chi connectivity index (χ2n) is 5.31. The van der Waals surface area contributed by atoms with E-state index in [9.17, 15) is 19.6 Å². The number of carbonyl (C=O) groups is 1. The topological polar surface area (TPSA) is 197 Å². The fraction of sp³-hybridized carbons (Fsp3) is 0.600. The number of rotatable bonds is 4. The first kappa shape index (κ1) is 22.0. The van der Waals surface area contributed by atoms with Crippen LogP contribution in [-0.4, -0.2) is 114 Å². The first-order valence-electron chi connectivity index (χ1n) is 6.80. The Hall–Kier alpha value is -0.250. The molecule has 26 heavy (non-hydrogen) atoms. The third-order valence-electron chi connectivity index (χ3n) is 3.64. The van der Waals surface area contributed by atoms with Crippen LogP contribution in [0.2, 0.25) is 0 Å². The molecule has 3 rings (SSSR count). The van der Waals surface area contributed by atoms with Crippen molar-refractivity contribution in [2.75, 3.05) is 6.61 Å². The number of aliphatic hydroxyl groups is 2. The number of carbonyl (C=O) groups excluding carboxylic acids is 1. The molecule has 3 aliphatic rings. The van der Waals surface area contributed by atoms with E-state index < -0.39 is 56.9 Å². The van der Waals surface area contributed by atoms with Crippen LogP contribution in [-0.2, 0) is 18.6 Å². The van der Waals surface area contributed by atoms with Crippen molar-refractivity contribution in [3.63, 3.8) is 0 Å². The summed E-state index contributed by atoms with van der Waals surface area (Å²) in [5, 5.41) is 29.9. The fourth-order valence-electron chi connectivity index (χ4n) is 2.56. The van der Waals surface area contributed by atoms with E-state index in [1.165, 1.54) is 4.90 Å². The number of nitrogens with one attached hydrogen (secondary N) is 2. The van der Waals surface area contributed by atoms with Gasteiger partial charge in [-0.25, -0.2) is 9.56 Å². The predicted molar refractivity (Wildman–Crippen MR) is 89.7 cm³/mol. The molecular formula is C10H13BrN5NaO8P. The zero-order valence-electron chi connectivity index (χ0n) is 13.2. The van der Waals surface area contributed by atoms with E-state index in [2.05, 4.69) is 35.8 Å². The number of fused-ring (bicyclic) bond motifs is 1. The maximum Gasteiger partial charge on any atom is 0.469 e. The van der Waals surface area contributed by atoms with Crippen molar-refractivity contribution in [1.29, 1.82) is 5.41 Å². The number of nitrogens with zero attached hydrogens (tertiary/aromatic N) is 3. The number of hydrogen-bond donors (Lipinski definition) is 6. The molecule has 13 nitrogen and oxygen atoms in total. The Morgan fingerprint density at radius 3 is 2.65 bits per heavy atom. The Kier molecular flexibility index (Phi) is 6.79. The van der Waals surface area contributed by atoms with Gasteiger partial charge in [0.2, 0.25) is 5.96 Å². The molecule has 139 valence electrons. The van der Waals surface area contributed by atoms with Gasteiger partial charge in [-0.15, -0.1) is 0 Å². The monoisotopic (exact) mass is 464 g/mol. The van der Waals surface area contributed by atoms with Gasteiger partial charge in [-0.1, -0.05) is 0 Å². The average molecular weight is 465 g/mol. The standard InChI is InChI=1S/C10H13BrN5O8P.Na/c11-9-13-3-6(14-10(12)15-7(3)19)16(9)8-5(18)4(17)2(24-8)1-23-25(20,21)22;/h2-5,8,17-18H,1H2,(H2,12,15,19)(H2,20,21,22);. The van der Waals surface area contributed by atoms with Crippen molar-refractivity contribution in [1.82, 2.24) is 10.2 Å². The molecule has 1 fully saturated rings. The van der Waals surface area contributed by atoms with Crippen molar-refractivity contribution in [3.05, 3.63) is 0 Å². The Morgan fingerprint density at radius 2 is 2.04 bits per heavy atom. The normalized spacial score (nSPS) is 34.0. The number of aliphatic hydroxyl groups excluding tert-OH is 2.